The third-order valence-corrected chi connectivity index (χ3v) is 6.91. The molecule has 1 aliphatic rings. The highest BCUT2D eigenvalue weighted by atomic mass is 32.2. The number of nitrogens with one attached hydrogen (secondary N) is 1. The maximum absolute atomic E-state index is 13.0. The van der Waals surface area contributed by atoms with Gasteiger partial charge in [0.25, 0.3) is 0 Å². The molecule has 0 aromatic heterocycles. The van der Waals surface area contributed by atoms with E-state index in [1.54, 1.807) is 0 Å². The predicted molar refractivity (Wildman–Crippen MR) is 108 cm³/mol. The molecule has 0 bridgehead atoms. The van der Waals surface area contributed by atoms with Crippen LogP contribution in [0.25, 0.3) is 0 Å². The lowest BCUT2D eigenvalue weighted by atomic mass is 10.0. The average Bonchev–Trinajstić information content (AvgIpc) is 2.50. The van der Waals surface area contributed by atoms with E-state index < -0.39 is 10.0 Å². The molecule has 1 saturated heterocycles. The minimum atomic E-state index is -3.51. The molecule has 1 aromatic rings. The Morgan fingerprint density at radius 1 is 1.04 bits per heavy atom. The van der Waals surface area contributed by atoms with Crippen molar-refractivity contribution in [3.05, 3.63) is 28.8 Å². The van der Waals surface area contributed by atoms with E-state index in [4.69, 9.17) is 0 Å². The minimum Gasteiger partial charge on any atom is -0.304 e. The molecule has 1 heterocycles. The van der Waals surface area contributed by atoms with E-state index in [9.17, 15) is 8.42 Å². The Morgan fingerprint density at radius 3 is 2.08 bits per heavy atom. The Morgan fingerprint density at radius 2 is 1.58 bits per heavy atom. The van der Waals surface area contributed by atoms with E-state index in [0.29, 0.717) is 17.4 Å². The van der Waals surface area contributed by atoms with Crippen molar-refractivity contribution in [1.82, 2.24) is 14.5 Å². The van der Waals surface area contributed by atoms with Gasteiger partial charge in [-0.3, -0.25) is 4.90 Å². The Hall–Kier alpha value is -0.950. The van der Waals surface area contributed by atoms with Crippen molar-refractivity contribution in [3.63, 3.8) is 0 Å². The molecular formula is C20H35N3O2S. The van der Waals surface area contributed by atoms with Crippen LogP contribution in [0.15, 0.2) is 17.0 Å². The van der Waals surface area contributed by atoms with Crippen molar-refractivity contribution >= 4 is 10.0 Å². The summed E-state index contributed by atoms with van der Waals surface area (Å²) in [4.78, 5) is 5.20. The molecule has 148 valence electrons. The zero-order valence-corrected chi connectivity index (χ0v) is 18.0. The summed E-state index contributed by atoms with van der Waals surface area (Å²) in [6, 6.07) is 4.12. The zero-order chi connectivity index (χ0) is 19.5. The number of nitrogens with zero attached hydrogens (tertiary/aromatic N) is 2. The van der Waals surface area contributed by atoms with Crippen LogP contribution < -0.4 is 4.72 Å². The fourth-order valence-corrected chi connectivity index (χ4v) is 5.48. The Kier molecular flexibility index (Phi) is 7.25. The Balaban J connectivity index is 2.14. The highest BCUT2D eigenvalue weighted by Crippen LogP contribution is 2.22. The van der Waals surface area contributed by atoms with Crippen LogP contribution >= 0.6 is 0 Å². The molecule has 0 amide bonds. The van der Waals surface area contributed by atoms with E-state index in [1.165, 1.54) is 0 Å². The summed E-state index contributed by atoms with van der Waals surface area (Å²) >= 11 is 0. The second kappa shape index (κ2) is 8.83. The topological polar surface area (TPSA) is 52.7 Å². The molecule has 26 heavy (non-hydrogen) atoms. The van der Waals surface area contributed by atoms with E-state index in [2.05, 4.69) is 35.4 Å². The summed E-state index contributed by atoms with van der Waals surface area (Å²) in [7, 11) is -1.37. The van der Waals surface area contributed by atoms with Gasteiger partial charge in [-0.15, -0.1) is 0 Å². The normalized spacial score (nSPS) is 18.4. The van der Waals surface area contributed by atoms with Gasteiger partial charge < -0.3 is 4.90 Å². The van der Waals surface area contributed by atoms with Crippen LogP contribution in [0.1, 0.15) is 37.0 Å². The van der Waals surface area contributed by atoms with Crippen molar-refractivity contribution in [2.45, 2.75) is 52.0 Å². The second-order valence-electron chi connectivity index (χ2n) is 8.20. The lowest BCUT2D eigenvalue weighted by Gasteiger charge is -2.38. The number of piperazine rings is 1. The quantitative estimate of drug-likeness (QED) is 0.789. The summed E-state index contributed by atoms with van der Waals surface area (Å²) in [5.74, 6) is 0.534. The minimum absolute atomic E-state index is 0.240. The Bertz CT molecular complexity index is 685. The first-order chi connectivity index (χ1) is 12.1. The maximum Gasteiger partial charge on any atom is 0.241 e. The van der Waals surface area contributed by atoms with Crippen LogP contribution in [-0.2, 0) is 10.0 Å². The van der Waals surface area contributed by atoms with Crippen LogP contribution in [0.5, 0.6) is 0 Å². The number of benzene rings is 1. The molecule has 1 aliphatic heterocycles. The summed E-state index contributed by atoms with van der Waals surface area (Å²) in [6.07, 6.45) is 0.998. The lowest BCUT2D eigenvalue weighted by Crippen LogP contribution is -2.52. The molecule has 5 nitrogen and oxygen atoms in total. The van der Waals surface area contributed by atoms with E-state index in [1.807, 2.05) is 32.9 Å². The Labute approximate surface area is 159 Å². The number of rotatable bonds is 7. The van der Waals surface area contributed by atoms with E-state index in [0.717, 1.165) is 49.3 Å². The monoisotopic (exact) mass is 381 g/mol. The first kappa shape index (κ1) is 21.4. The largest absolute Gasteiger partial charge is 0.304 e. The molecule has 2 rings (SSSR count). The van der Waals surface area contributed by atoms with Gasteiger partial charge in [-0.05, 0) is 51.3 Å². The summed E-state index contributed by atoms with van der Waals surface area (Å²) in [5, 5.41) is 0. The number of likely N-dealkylation sites (N-methyl/N-ethyl adjacent to an activating group) is 1. The fraction of sp³-hybridized carbons (Fsp3) is 0.700. The summed E-state index contributed by atoms with van der Waals surface area (Å²) in [6.45, 7) is 14.7. The van der Waals surface area contributed by atoms with Crippen LogP contribution in [0.3, 0.4) is 0 Å². The number of hydrogen-bond donors (Lipinski definition) is 1. The number of hydrogen-bond acceptors (Lipinski definition) is 4. The van der Waals surface area contributed by atoms with Crippen LogP contribution in [-0.4, -0.2) is 64.0 Å². The first-order valence-corrected chi connectivity index (χ1v) is 11.1. The molecule has 1 N–H and O–H groups in total. The molecule has 1 atom stereocenters. The smallest absolute Gasteiger partial charge is 0.241 e. The third kappa shape index (κ3) is 5.52. The summed E-state index contributed by atoms with van der Waals surface area (Å²) < 4.78 is 28.9. The molecule has 6 heteroatoms. The maximum atomic E-state index is 13.0. The van der Waals surface area contributed by atoms with Gasteiger partial charge in [0, 0.05) is 38.8 Å². The third-order valence-electron chi connectivity index (χ3n) is 5.18. The van der Waals surface area contributed by atoms with E-state index in [-0.39, 0.29) is 6.04 Å². The van der Waals surface area contributed by atoms with Crippen molar-refractivity contribution < 1.29 is 8.42 Å². The summed E-state index contributed by atoms with van der Waals surface area (Å²) in [5.41, 5.74) is 2.72. The van der Waals surface area contributed by atoms with Gasteiger partial charge >= 0.3 is 0 Å². The van der Waals surface area contributed by atoms with Gasteiger partial charge in [-0.2, -0.15) is 0 Å². The predicted octanol–water partition coefficient (Wildman–Crippen LogP) is 2.55. The van der Waals surface area contributed by atoms with Gasteiger partial charge in [0.05, 0.1) is 4.90 Å². The standard InChI is InChI=1S/C20H35N3O2S/c1-15(2)11-19(23-9-7-22(6)8-10-23)14-21-26(24,25)20-17(4)12-16(3)13-18(20)5/h12-13,15,19,21H,7-11,14H2,1-6H3. The van der Waals surface area contributed by atoms with Gasteiger partial charge in [0.2, 0.25) is 10.0 Å². The van der Waals surface area contributed by atoms with Crippen molar-refractivity contribution in [3.8, 4) is 0 Å². The van der Waals surface area contributed by atoms with Crippen molar-refractivity contribution in [1.29, 1.82) is 0 Å². The fourth-order valence-electron chi connectivity index (χ4n) is 3.96. The lowest BCUT2D eigenvalue weighted by molar-refractivity contribution is 0.102. The number of aryl methyl sites for hydroxylation is 3. The van der Waals surface area contributed by atoms with Gasteiger partial charge in [-0.1, -0.05) is 31.5 Å². The highest BCUT2D eigenvalue weighted by molar-refractivity contribution is 7.89. The molecule has 0 saturated carbocycles. The zero-order valence-electron chi connectivity index (χ0n) is 17.2. The van der Waals surface area contributed by atoms with Crippen LogP contribution in [0, 0.1) is 26.7 Å². The molecule has 1 fully saturated rings. The molecule has 1 unspecified atom stereocenters. The second-order valence-corrected chi connectivity index (χ2v) is 9.91. The molecule has 0 spiro atoms. The van der Waals surface area contributed by atoms with Gasteiger partial charge in [0.15, 0.2) is 0 Å². The van der Waals surface area contributed by atoms with Crippen LogP contribution in [0.4, 0.5) is 0 Å². The molecule has 1 aromatic carbocycles. The van der Waals surface area contributed by atoms with Crippen LogP contribution in [0.2, 0.25) is 0 Å². The average molecular weight is 382 g/mol. The molecular weight excluding hydrogens is 346 g/mol. The SMILES string of the molecule is Cc1cc(C)c(S(=O)(=O)NCC(CC(C)C)N2CCN(C)CC2)c(C)c1. The molecule has 0 aliphatic carbocycles. The molecule has 0 radical (unpaired) electrons. The van der Waals surface area contributed by atoms with Crippen molar-refractivity contribution in [2.75, 3.05) is 39.8 Å². The van der Waals surface area contributed by atoms with Crippen molar-refractivity contribution in [2.24, 2.45) is 5.92 Å². The highest BCUT2D eigenvalue weighted by Gasteiger charge is 2.26. The number of sulfonamides is 1. The van der Waals surface area contributed by atoms with Gasteiger partial charge in [0.1, 0.15) is 0 Å². The first-order valence-electron chi connectivity index (χ1n) is 9.60. The van der Waals surface area contributed by atoms with E-state index >= 15 is 0 Å². The van der Waals surface area contributed by atoms with Gasteiger partial charge in [-0.25, -0.2) is 13.1 Å².